The highest BCUT2D eigenvalue weighted by molar-refractivity contribution is 5.93. The Hall–Kier alpha value is -3.19. The van der Waals surface area contributed by atoms with Gasteiger partial charge in [-0.2, -0.15) is 0 Å². The molecule has 1 saturated heterocycles. The molecule has 0 radical (unpaired) electrons. The molecule has 1 N–H and O–H groups in total. The minimum absolute atomic E-state index is 0.00839. The number of aromatic amines is 1. The standard InChI is InChI=1S/C23H24FN3O3/c1-15-11-19-21(25-13-20(22(19)28)23(29)30-2)12-16(15)14-26-7-9-27(10-8-26)18-5-3-17(24)4-6-18/h3-6,11-13H,7-10,14H2,1-2H3,(H,25,28). The van der Waals surface area contributed by atoms with Crippen molar-refractivity contribution in [2.24, 2.45) is 0 Å². The molecular formula is C23H24FN3O3. The second-order valence-corrected chi connectivity index (χ2v) is 7.59. The summed E-state index contributed by atoms with van der Waals surface area (Å²) in [4.78, 5) is 32.1. The number of methoxy groups -OCH3 is 1. The van der Waals surface area contributed by atoms with Gasteiger partial charge in [-0.3, -0.25) is 9.69 Å². The number of ether oxygens (including phenoxy) is 1. The Morgan fingerprint density at radius 2 is 1.83 bits per heavy atom. The maximum absolute atomic E-state index is 13.1. The van der Waals surface area contributed by atoms with Crippen LogP contribution in [-0.4, -0.2) is 49.1 Å². The summed E-state index contributed by atoms with van der Waals surface area (Å²) in [5, 5.41) is 0.486. The van der Waals surface area contributed by atoms with Crippen molar-refractivity contribution in [1.82, 2.24) is 9.88 Å². The van der Waals surface area contributed by atoms with Crippen molar-refractivity contribution in [3.63, 3.8) is 0 Å². The van der Waals surface area contributed by atoms with Crippen LogP contribution in [0.1, 0.15) is 21.5 Å². The van der Waals surface area contributed by atoms with Gasteiger partial charge in [-0.25, -0.2) is 9.18 Å². The van der Waals surface area contributed by atoms with Gasteiger partial charge >= 0.3 is 5.97 Å². The van der Waals surface area contributed by atoms with Crippen LogP contribution in [0.4, 0.5) is 10.1 Å². The largest absolute Gasteiger partial charge is 0.465 e. The molecule has 0 atom stereocenters. The summed E-state index contributed by atoms with van der Waals surface area (Å²) in [5.74, 6) is -0.861. The lowest BCUT2D eigenvalue weighted by Gasteiger charge is -2.36. The number of aromatic nitrogens is 1. The van der Waals surface area contributed by atoms with E-state index in [1.54, 1.807) is 0 Å². The Kier molecular flexibility index (Phi) is 5.55. The summed E-state index contributed by atoms with van der Waals surface area (Å²) in [5.41, 5.74) is 3.58. The first-order valence-corrected chi connectivity index (χ1v) is 9.92. The zero-order chi connectivity index (χ0) is 21.3. The number of nitrogens with one attached hydrogen (secondary N) is 1. The van der Waals surface area contributed by atoms with Gasteiger partial charge in [0.2, 0.25) is 5.43 Å². The third-order valence-corrected chi connectivity index (χ3v) is 5.70. The first-order chi connectivity index (χ1) is 14.5. The number of H-pyrrole nitrogens is 1. The maximum Gasteiger partial charge on any atom is 0.343 e. The molecule has 0 aliphatic carbocycles. The molecule has 1 aliphatic heterocycles. The predicted molar refractivity (Wildman–Crippen MR) is 115 cm³/mol. The maximum atomic E-state index is 13.1. The van der Waals surface area contributed by atoms with Gasteiger partial charge in [-0.15, -0.1) is 0 Å². The number of fused-ring (bicyclic) bond motifs is 1. The van der Waals surface area contributed by atoms with Crippen molar-refractivity contribution in [2.45, 2.75) is 13.5 Å². The Labute approximate surface area is 173 Å². The van der Waals surface area contributed by atoms with Crippen LogP contribution in [0.15, 0.2) is 47.4 Å². The fraction of sp³-hybridized carbons (Fsp3) is 0.304. The van der Waals surface area contributed by atoms with Crippen LogP contribution < -0.4 is 10.3 Å². The second-order valence-electron chi connectivity index (χ2n) is 7.59. The summed E-state index contributed by atoms with van der Waals surface area (Å²) in [7, 11) is 1.26. The fourth-order valence-corrected chi connectivity index (χ4v) is 3.91. The van der Waals surface area contributed by atoms with Gasteiger partial charge in [-0.1, -0.05) is 0 Å². The number of carbonyl (C=O) groups is 1. The van der Waals surface area contributed by atoms with Gasteiger partial charge in [0.25, 0.3) is 0 Å². The third-order valence-electron chi connectivity index (χ3n) is 5.70. The van der Waals surface area contributed by atoms with Crippen LogP contribution in [0.5, 0.6) is 0 Å². The van der Waals surface area contributed by atoms with E-state index in [1.165, 1.54) is 25.4 Å². The zero-order valence-corrected chi connectivity index (χ0v) is 17.1. The van der Waals surface area contributed by atoms with Gasteiger partial charge in [-0.05, 0) is 54.4 Å². The number of piperazine rings is 1. The highest BCUT2D eigenvalue weighted by Gasteiger charge is 2.19. The van der Waals surface area contributed by atoms with E-state index in [-0.39, 0.29) is 16.8 Å². The molecule has 6 nitrogen and oxygen atoms in total. The van der Waals surface area contributed by atoms with Crippen LogP contribution in [0, 0.1) is 12.7 Å². The molecule has 7 heteroatoms. The molecule has 0 bridgehead atoms. The Balaban J connectivity index is 1.49. The number of esters is 1. The molecule has 1 aromatic heterocycles. The number of hydrogen-bond acceptors (Lipinski definition) is 5. The SMILES string of the molecule is COC(=O)c1c[nH]c2cc(CN3CCN(c4ccc(F)cc4)CC3)c(C)cc2c1=O. The molecule has 156 valence electrons. The van der Waals surface area contributed by atoms with Crippen molar-refractivity contribution in [2.75, 3.05) is 38.2 Å². The number of aryl methyl sites for hydroxylation is 1. The monoisotopic (exact) mass is 409 g/mol. The number of carbonyl (C=O) groups excluding carboxylic acids is 1. The van der Waals surface area contributed by atoms with Crippen LogP contribution in [0.2, 0.25) is 0 Å². The number of pyridine rings is 1. The fourth-order valence-electron chi connectivity index (χ4n) is 3.91. The molecule has 0 saturated carbocycles. The van der Waals surface area contributed by atoms with Crippen molar-refractivity contribution in [3.05, 3.63) is 75.3 Å². The molecule has 0 spiro atoms. The summed E-state index contributed by atoms with van der Waals surface area (Å²) >= 11 is 0. The molecule has 1 aliphatic rings. The predicted octanol–water partition coefficient (Wildman–Crippen LogP) is 3.08. The number of hydrogen-bond donors (Lipinski definition) is 1. The molecule has 3 aromatic rings. The molecular weight excluding hydrogens is 385 g/mol. The summed E-state index contributed by atoms with van der Waals surface area (Å²) in [6.45, 7) is 6.29. The van der Waals surface area contributed by atoms with Gasteiger partial charge in [0.05, 0.1) is 7.11 Å². The Bertz CT molecular complexity index is 1130. The van der Waals surface area contributed by atoms with Crippen LogP contribution in [0.3, 0.4) is 0 Å². The van der Waals surface area contributed by atoms with Crippen molar-refractivity contribution >= 4 is 22.6 Å². The zero-order valence-electron chi connectivity index (χ0n) is 17.1. The Morgan fingerprint density at radius 3 is 2.50 bits per heavy atom. The lowest BCUT2D eigenvalue weighted by molar-refractivity contribution is 0.0599. The summed E-state index contributed by atoms with van der Waals surface area (Å²) in [6.07, 6.45) is 1.41. The first kappa shape index (κ1) is 20.1. The van der Waals surface area contributed by atoms with Crippen molar-refractivity contribution in [3.8, 4) is 0 Å². The first-order valence-electron chi connectivity index (χ1n) is 9.92. The normalized spacial score (nSPS) is 14.8. The second kappa shape index (κ2) is 8.28. The summed E-state index contributed by atoms with van der Waals surface area (Å²) < 4.78 is 17.8. The average molecular weight is 409 g/mol. The van der Waals surface area contributed by atoms with E-state index in [0.29, 0.717) is 10.9 Å². The minimum atomic E-state index is -0.640. The van der Waals surface area contributed by atoms with E-state index in [1.807, 2.05) is 31.2 Å². The average Bonchev–Trinajstić information content (AvgIpc) is 2.76. The van der Waals surface area contributed by atoms with Crippen molar-refractivity contribution < 1.29 is 13.9 Å². The lowest BCUT2D eigenvalue weighted by atomic mass is 10.0. The van der Waals surface area contributed by atoms with Crippen LogP contribution in [-0.2, 0) is 11.3 Å². The highest BCUT2D eigenvalue weighted by Crippen LogP contribution is 2.21. The minimum Gasteiger partial charge on any atom is -0.465 e. The summed E-state index contributed by atoms with van der Waals surface area (Å²) in [6, 6.07) is 10.4. The van der Waals surface area contributed by atoms with E-state index >= 15 is 0 Å². The van der Waals surface area contributed by atoms with Gasteiger partial charge in [0, 0.05) is 55.5 Å². The topological polar surface area (TPSA) is 65.6 Å². The smallest absolute Gasteiger partial charge is 0.343 e. The molecule has 1 fully saturated rings. The van der Waals surface area contributed by atoms with Gasteiger partial charge in [0.15, 0.2) is 0 Å². The highest BCUT2D eigenvalue weighted by atomic mass is 19.1. The number of rotatable bonds is 4. The van der Waals surface area contributed by atoms with Crippen LogP contribution >= 0.6 is 0 Å². The third kappa shape index (κ3) is 3.93. The molecule has 30 heavy (non-hydrogen) atoms. The number of halogens is 1. The molecule has 0 amide bonds. The van der Waals surface area contributed by atoms with E-state index in [4.69, 9.17) is 0 Å². The number of benzene rings is 2. The Morgan fingerprint density at radius 1 is 1.13 bits per heavy atom. The van der Waals surface area contributed by atoms with E-state index in [0.717, 1.165) is 49.5 Å². The molecule has 2 heterocycles. The number of nitrogens with zero attached hydrogens (tertiary/aromatic N) is 2. The molecule has 0 unspecified atom stereocenters. The van der Waals surface area contributed by atoms with Crippen LogP contribution in [0.25, 0.3) is 10.9 Å². The molecule has 2 aromatic carbocycles. The number of anilines is 1. The quantitative estimate of drug-likeness (QED) is 0.671. The van der Waals surface area contributed by atoms with E-state index in [9.17, 15) is 14.0 Å². The van der Waals surface area contributed by atoms with E-state index < -0.39 is 5.97 Å². The van der Waals surface area contributed by atoms with E-state index in [2.05, 4.69) is 19.5 Å². The van der Waals surface area contributed by atoms with Gasteiger partial charge in [0.1, 0.15) is 11.4 Å². The molecule has 4 rings (SSSR count). The lowest BCUT2D eigenvalue weighted by Crippen LogP contribution is -2.46. The van der Waals surface area contributed by atoms with Gasteiger partial charge < -0.3 is 14.6 Å². The van der Waals surface area contributed by atoms with Crippen molar-refractivity contribution in [1.29, 1.82) is 0 Å².